The minimum absolute atomic E-state index is 0.320. The summed E-state index contributed by atoms with van der Waals surface area (Å²) in [5.41, 5.74) is 7.59. The van der Waals surface area contributed by atoms with Gasteiger partial charge in [0.2, 0.25) is 0 Å². The van der Waals surface area contributed by atoms with Crippen LogP contribution in [-0.4, -0.2) is 35.8 Å². The Hall–Kier alpha value is -4.62. The molecule has 4 aromatic carbocycles. The van der Waals surface area contributed by atoms with Gasteiger partial charge in [-0.2, -0.15) is 0 Å². The summed E-state index contributed by atoms with van der Waals surface area (Å²) in [6.45, 7) is 4.04. The Bertz CT molecular complexity index is 1660. The van der Waals surface area contributed by atoms with Crippen molar-refractivity contribution in [3.8, 4) is 44.3 Å². The van der Waals surface area contributed by atoms with Gasteiger partial charge in [0, 0.05) is 24.3 Å². The molecule has 1 saturated heterocycles. The van der Waals surface area contributed by atoms with E-state index in [0.717, 1.165) is 45.4 Å². The third kappa shape index (κ3) is 6.31. The van der Waals surface area contributed by atoms with E-state index in [0.29, 0.717) is 18.1 Å². The van der Waals surface area contributed by atoms with Crippen LogP contribution in [0, 0.1) is 6.92 Å². The summed E-state index contributed by atoms with van der Waals surface area (Å²) in [6, 6.07) is 33.2. The van der Waals surface area contributed by atoms with Crippen LogP contribution in [0.2, 0.25) is 0 Å². The van der Waals surface area contributed by atoms with Crippen LogP contribution in [0.15, 0.2) is 97.1 Å². The van der Waals surface area contributed by atoms with Crippen LogP contribution in [0.25, 0.3) is 32.8 Å². The molecule has 0 spiro atoms. The molecule has 1 fully saturated rings. The van der Waals surface area contributed by atoms with Gasteiger partial charge in [0.15, 0.2) is 6.61 Å². The Labute approximate surface area is 249 Å². The van der Waals surface area contributed by atoms with Crippen molar-refractivity contribution >= 4 is 23.0 Å². The van der Waals surface area contributed by atoms with Gasteiger partial charge in [-0.1, -0.05) is 66.7 Å². The number of ether oxygens (including phenoxy) is 2. The van der Waals surface area contributed by atoms with E-state index >= 15 is 0 Å². The molecule has 7 heteroatoms. The Morgan fingerprint density at radius 2 is 1.50 bits per heavy atom. The van der Waals surface area contributed by atoms with Crippen molar-refractivity contribution in [2.75, 3.05) is 24.6 Å². The number of hydrogen-bond acceptors (Lipinski definition) is 6. The van der Waals surface area contributed by atoms with Gasteiger partial charge in [-0.3, -0.25) is 0 Å². The molecule has 2 heterocycles. The zero-order valence-electron chi connectivity index (χ0n) is 23.5. The summed E-state index contributed by atoms with van der Waals surface area (Å²) in [4.78, 5) is 19.4. The predicted molar refractivity (Wildman–Crippen MR) is 169 cm³/mol. The zero-order chi connectivity index (χ0) is 28.9. The van der Waals surface area contributed by atoms with Crippen LogP contribution in [0.3, 0.4) is 0 Å². The van der Waals surface area contributed by atoms with E-state index in [2.05, 4.69) is 77.7 Å². The predicted octanol–water partition coefficient (Wildman–Crippen LogP) is 8.10. The second-order valence-electron chi connectivity index (χ2n) is 10.4. The van der Waals surface area contributed by atoms with Gasteiger partial charge in [-0.15, -0.1) is 11.3 Å². The molecule has 1 aliphatic heterocycles. The fourth-order valence-electron chi connectivity index (χ4n) is 5.23. The van der Waals surface area contributed by atoms with Crippen LogP contribution in [-0.2, 0) is 11.4 Å². The number of aryl methyl sites for hydroxylation is 1. The number of thiazole rings is 1. The smallest absolute Gasteiger partial charge is 0.341 e. The molecule has 0 bridgehead atoms. The van der Waals surface area contributed by atoms with E-state index < -0.39 is 5.97 Å². The summed E-state index contributed by atoms with van der Waals surface area (Å²) in [5, 5.41) is 9.77. The molecule has 1 N–H and O–H groups in total. The fraction of sp³-hybridized carbons (Fsp3) is 0.200. The highest BCUT2D eigenvalue weighted by atomic mass is 32.1. The number of anilines is 1. The Balaban J connectivity index is 1.27. The minimum Gasteiger partial charge on any atom is -0.486 e. The number of nitrogens with zero attached hydrogens (tertiary/aromatic N) is 2. The van der Waals surface area contributed by atoms with Crippen molar-refractivity contribution in [1.29, 1.82) is 0 Å². The highest BCUT2D eigenvalue weighted by molar-refractivity contribution is 7.15. The summed E-state index contributed by atoms with van der Waals surface area (Å²) in [7, 11) is 0. The van der Waals surface area contributed by atoms with Crippen molar-refractivity contribution in [3.05, 3.63) is 108 Å². The van der Waals surface area contributed by atoms with Crippen molar-refractivity contribution in [3.63, 3.8) is 0 Å². The van der Waals surface area contributed by atoms with E-state index in [1.807, 2.05) is 19.1 Å². The number of aromatic nitrogens is 1. The molecule has 6 nitrogen and oxygen atoms in total. The SMILES string of the molecule is Cc1cc(OCc2nc(-c3ccc(N4CCCC4)cc3)c(-c3ccc(-c4ccccc4)cc3)s2)ccc1OCC(=O)O. The normalized spacial score (nSPS) is 12.8. The lowest BCUT2D eigenvalue weighted by Crippen LogP contribution is -2.17. The van der Waals surface area contributed by atoms with E-state index in [1.165, 1.54) is 29.7 Å². The molecule has 0 atom stereocenters. The molecule has 6 rings (SSSR count). The second kappa shape index (κ2) is 12.5. The largest absolute Gasteiger partial charge is 0.486 e. The first-order chi connectivity index (χ1) is 20.5. The Morgan fingerprint density at radius 1 is 0.833 bits per heavy atom. The summed E-state index contributed by atoms with van der Waals surface area (Å²) >= 11 is 1.64. The average Bonchev–Trinajstić information content (AvgIpc) is 3.71. The lowest BCUT2D eigenvalue weighted by atomic mass is 10.0. The molecular weight excluding hydrogens is 544 g/mol. The summed E-state index contributed by atoms with van der Waals surface area (Å²) < 4.78 is 11.5. The highest BCUT2D eigenvalue weighted by Crippen LogP contribution is 2.39. The van der Waals surface area contributed by atoms with Gasteiger partial charge in [-0.25, -0.2) is 9.78 Å². The first-order valence-corrected chi connectivity index (χ1v) is 14.9. The quantitative estimate of drug-likeness (QED) is 0.181. The van der Waals surface area contributed by atoms with Crippen LogP contribution in [0.1, 0.15) is 23.4 Å². The third-order valence-electron chi connectivity index (χ3n) is 7.40. The maximum atomic E-state index is 10.8. The van der Waals surface area contributed by atoms with Gasteiger partial charge in [-0.05, 0) is 72.4 Å². The second-order valence-corrected chi connectivity index (χ2v) is 11.5. The van der Waals surface area contributed by atoms with Crippen LogP contribution < -0.4 is 14.4 Å². The number of rotatable bonds is 10. The number of carbonyl (C=O) groups is 1. The number of carboxylic acids is 1. The van der Waals surface area contributed by atoms with Crippen LogP contribution in [0.4, 0.5) is 5.69 Å². The maximum Gasteiger partial charge on any atom is 0.341 e. The first kappa shape index (κ1) is 27.5. The van der Waals surface area contributed by atoms with Crippen molar-refractivity contribution in [2.45, 2.75) is 26.4 Å². The highest BCUT2D eigenvalue weighted by Gasteiger charge is 2.18. The minimum atomic E-state index is -1.01. The molecule has 0 radical (unpaired) electrons. The molecule has 42 heavy (non-hydrogen) atoms. The van der Waals surface area contributed by atoms with Crippen LogP contribution >= 0.6 is 11.3 Å². The first-order valence-electron chi connectivity index (χ1n) is 14.1. The molecular formula is C35H32N2O4S. The molecule has 0 saturated carbocycles. The van der Waals surface area contributed by atoms with Crippen LogP contribution in [0.5, 0.6) is 11.5 Å². The summed E-state index contributed by atoms with van der Waals surface area (Å²) in [5.74, 6) is 0.195. The lowest BCUT2D eigenvalue weighted by Gasteiger charge is -2.17. The topological polar surface area (TPSA) is 71.9 Å². The van der Waals surface area contributed by atoms with Crippen molar-refractivity contribution in [1.82, 2.24) is 4.98 Å². The van der Waals surface area contributed by atoms with Gasteiger partial charge in [0.25, 0.3) is 0 Å². The Morgan fingerprint density at radius 3 is 2.19 bits per heavy atom. The molecule has 1 aromatic heterocycles. The number of hydrogen-bond donors (Lipinski definition) is 1. The van der Waals surface area contributed by atoms with Gasteiger partial charge in [0.05, 0.1) is 10.6 Å². The third-order valence-corrected chi connectivity index (χ3v) is 8.48. The standard InChI is InChI=1S/C35H32N2O4S/c1-24-21-30(17-18-31(24)41-23-33(38)39)40-22-32-36-34(27-13-15-29(16-14-27)37-19-5-6-20-37)35(42-32)28-11-9-26(10-12-28)25-7-3-2-4-8-25/h2-4,7-18,21H,5-6,19-20,22-23H2,1H3,(H,38,39). The summed E-state index contributed by atoms with van der Waals surface area (Å²) in [6.07, 6.45) is 2.50. The Kier molecular flexibility index (Phi) is 8.19. The molecule has 212 valence electrons. The number of aliphatic carboxylic acids is 1. The molecule has 5 aromatic rings. The van der Waals surface area contributed by atoms with Gasteiger partial charge >= 0.3 is 5.97 Å². The van der Waals surface area contributed by atoms with E-state index in [4.69, 9.17) is 19.6 Å². The van der Waals surface area contributed by atoms with E-state index in [9.17, 15) is 4.79 Å². The molecule has 1 aliphatic rings. The monoisotopic (exact) mass is 576 g/mol. The fourth-order valence-corrected chi connectivity index (χ4v) is 6.23. The number of benzene rings is 4. The number of carboxylic acid groups (broad SMARTS) is 1. The zero-order valence-corrected chi connectivity index (χ0v) is 24.3. The van der Waals surface area contributed by atoms with Crippen molar-refractivity contribution < 1.29 is 19.4 Å². The molecule has 0 amide bonds. The maximum absolute atomic E-state index is 10.8. The van der Waals surface area contributed by atoms with E-state index in [-0.39, 0.29) is 6.61 Å². The lowest BCUT2D eigenvalue weighted by molar-refractivity contribution is -0.139. The van der Waals surface area contributed by atoms with Gasteiger partial charge < -0.3 is 19.5 Å². The molecule has 0 aliphatic carbocycles. The average molecular weight is 577 g/mol. The van der Waals surface area contributed by atoms with Crippen molar-refractivity contribution in [2.24, 2.45) is 0 Å². The van der Waals surface area contributed by atoms with E-state index in [1.54, 1.807) is 23.5 Å². The molecule has 0 unspecified atom stereocenters. The van der Waals surface area contributed by atoms with Gasteiger partial charge in [0.1, 0.15) is 23.1 Å².